The van der Waals surface area contributed by atoms with Crippen LogP contribution in [0, 0.1) is 23.2 Å². The van der Waals surface area contributed by atoms with Gasteiger partial charge < -0.3 is 5.11 Å². The summed E-state index contributed by atoms with van der Waals surface area (Å²) in [6.07, 6.45) is 17.5. The number of rotatable bonds is 2. The summed E-state index contributed by atoms with van der Waals surface area (Å²) < 4.78 is 0. The van der Waals surface area contributed by atoms with Gasteiger partial charge in [0.15, 0.2) is 0 Å². The van der Waals surface area contributed by atoms with Gasteiger partial charge in [-0.15, -0.1) is 6.58 Å². The lowest BCUT2D eigenvalue weighted by Crippen LogP contribution is -2.39. The van der Waals surface area contributed by atoms with Gasteiger partial charge in [0.2, 0.25) is 0 Å². The van der Waals surface area contributed by atoms with Crippen LogP contribution >= 0.6 is 0 Å². The van der Waals surface area contributed by atoms with Gasteiger partial charge >= 0.3 is 0 Å². The second kappa shape index (κ2) is 5.23. The molecule has 1 fully saturated rings. The third-order valence-corrected chi connectivity index (χ3v) is 6.91. The quantitative estimate of drug-likeness (QED) is 0.715. The first kappa shape index (κ1) is 14.5. The van der Waals surface area contributed by atoms with E-state index in [1.807, 2.05) is 0 Å². The van der Waals surface area contributed by atoms with Crippen molar-refractivity contribution in [1.82, 2.24) is 0 Å². The van der Waals surface area contributed by atoms with Crippen LogP contribution in [0.4, 0.5) is 0 Å². The van der Waals surface area contributed by atoms with Gasteiger partial charge in [0.25, 0.3) is 0 Å². The van der Waals surface area contributed by atoms with Crippen molar-refractivity contribution in [3.05, 3.63) is 47.6 Å². The highest BCUT2D eigenvalue weighted by atomic mass is 16.3. The second-order valence-electron chi connectivity index (χ2n) is 7.99. The molecule has 0 aliphatic heterocycles. The molecule has 5 atom stereocenters. The average molecular weight is 296 g/mol. The molecule has 4 aliphatic rings. The number of aliphatic hydroxyl groups excluding tert-OH is 1. The Hall–Kier alpha value is -1.08. The molecule has 4 rings (SSSR count). The highest BCUT2D eigenvalue weighted by Gasteiger charge is 2.51. The zero-order chi connectivity index (χ0) is 15.3. The summed E-state index contributed by atoms with van der Waals surface area (Å²) in [4.78, 5) is 0. The van der Waals surface area contributed by atoms with Gasteiger partial charge in [-0.05, 0) is 79.4 Å². The lowest BCUT2D eigenvalue weighted by atomic mass is 9.60. The van der Waals surface area contributed by atoms with Crippen molar-refractivity contribution in [3.8, 4) is 0 Å². The molecule has 1 unspecified atom stereocenters. The lowest BCUT2D eigenvalue weighted by Gasteiger charge is -2.45. The van der Waals surface area contributed by atoms with Gasteiger partial charge in [0, 0.05) is 5.41 Å². The van der Waals surface area contributed by atoms with Crippen LogP contribution in [-0.4, -0.2) is 11.2 Å². The maximum atomic E-state index is 10.4. The van der Waals surface area contributed by atoms with Crippen molar-refractivity contribution in [2.24, 2.45) is 23.2 Å². The predicted octanol–water partition coefficient (Wildman–Crippen LogP) is 4.95. The minimum absolute atomic E-state index is 0.0238. The van der Waals surface area contributed by atoms with Crippen molar-refractivity contribution < 1.29 is 5.11 Å². The first-order valence-corrected chi connectivity index (χ1v) is 9.06. The highest BCUT2D eigenvalue weighted by Crippen LogP contribution is 2.57. The van der Waals surface area contributed by atoms with Gasteiger partial charge in [0.1, 0.15) is 0 Å². The number of hydrogen-bond acceptors (Lipinski definition) is 1. The summed E-state index contributed by atoms with van der Waals surface area (Å²) in [6.45, 7) is 6.18. The Kier molecular flexibility index (Phi) is 3.45. The normalized spacial score (nSPS) is 43.3. The summed E-state index contributed by atoms with van der Waals surface area (Å²) in [7, 11) is 0. The topological polar surface area (TPSA) is 20.2 Å². The fourth-order valence-corrected chi connectivity index (χ4v) is 5.60. The van der Waals surface area contributed by atoms with E-state index in [1.54, 1.807) is 16.7 Å². The first-order valence-electron chi connectivity index (χ1n) is 9.06. The van der Waals surface area contributed by atoms with Crippen LogP contribution in [0.1, 0.15) is 51.9 Å². The van der Waals surface area contributed by atoms with E-state index in [1.165, 1.54) is 32.1 Å². The molecule has 118 valence electrons. The Balaban J connectivity index is 1.72. The van der Waals surface area contributed by atoms with E-state index >= 15 is 0 Å². The van der Waals surface area contributed by atoms with Gasteiger partial charge in [-0.3, -0.25) is 0 Å². The molecule has 1 heteroatoms. The molecule has 0 radical (unpaired) electrons. The van der Waals surface area contributed by atoms with E-state index in [-0.39, 0.29) is 11.5 Å². The Morgan fingerprint density at radius 1 is 1.27 bits per heavy atom. The summed E-state index contributed by atoms with van der Waals surface area (Å²) >= 11 is 0. The van der Waals surface area contributed by atoms with Crippen LogP contribution in [0.15, 0.2) is 47.6 Å². The van der Waals surface area contributed by atoms with Crippen LogP contribution in [0.25, 0.3) is 0 Å². The molecule has 0 aromatic heterocycles. The molecule has 22 heavy (non-hydrogen) atoms. The maximum absolute atomic E-state index is 10.4. The van der Waals surface area contributed by atoms with Gasteiger partial charge in [-0.2, -0.15) is 0 Å². The molecule has 0 spiro atoms. The molecule has 0 bridgehead atoms. The van der Waals surface area contributed by atoms with Crippen LogP contribution in [0.3, 0.4) is 0 Å². The van der Waals surface area contributed by atoms with E-state index in [0.29, 0.717) is 17.8 Å². The molecule has 1 saturated carbocycles. The molecule has 0 aromatic carbocycles. The molecule has 0 saturated heterocycles. The number of allylic oxidation sites excluding steroid dienone is 6. The Labute approximate surface area is 134 Å². The Morgan fingerprint density at radius 2 is 2.14 bits per heavy atom. The third kappa shape index (κ3) is 2.01. The van der Waals surface area contributed by atoms with Crippen LogP contribution in [0.5, 0.6) is 0 Å². The average Bonchev–Trinajstić information content (AvgIpc) is 2.83. The fraction of sp³-hybridized carbons (Fsp3) is 0.619. The van der Waals surface area contributed by atoms with Crippen molar-refractivity contribution in [2.45, 2.75) is 58.0 Å². The maximum Gasteiger partial charge on any atom is 0.0631 e. The molecule has 1 N–H and O–H groups in total. The van der Waals surface area contributed by atoms with E-state index in [2.05, 4.69) is 37.8 Å². The van der Waals surface area contributed by atoms with Crippen molar-refractivity contribution >= 4 is 0 Å². The molecule has 0 amide bonds. The number of aliphatic hydroxyl groups is 1. The van der Waals surface area contributed by atoms with Gasteiger partial charge in [-0.25, -0.2) is 0 Å². The van der Waals surface area contributed by atoms with Crippen LogP contribution in [0.2, 0.25) is 0 Å². The molecular weight excluding hydrogens is 268 g/mol. The van der Waals surface area contributed by atoms with E-state index in [4.69, 9.17) is 0 Å². The number of fused-ring (bicyclic) bond motifs is 4. The lowest BCUT2D eigenvalue weighted by molar-refractivity contribution is 0.0586. The standard InChI is InChI=1S/C21H28O/c1-3-4-14-5-7-16-15(13-14)6-8-18-17(16)11-12-21(2)19(18)9-10-20(21)22/h3,11-14,18-20,22H,1,4-10H2,2H3/t14?,18-,19+,20+,21+/m1/s1. The molecule has 4 aliphatic carbocycles. The predicted molar refractivity (Wildman–Crippen MR) is 91.3 cm³/mol. The van der Waals surface area contributed by atoms with Crippen LogP contribution in [-0.2, 0) is 0 Å². The zero-order valence-corrected chi connectivity index (χ0v) is 13.7. The summed E-state index contributed by atoms with van der Waals surface area (Å²) in [5, 5.41) is 10.4. The highest BCUT2D eigenvalue weighted by molar-refractivity contribution is 5.48. The third-order valence-electron chi connectivity index (χ3n) is 6.91. The van der Waals surface area contributed by atoms with Gasteiger partial charge in [0.05, 0.1) is 6.10 Å². The Morgan fingerprint density at radius 3 is 2.95 bits per heavy atom. The second-order valence-corrected chi connectivity index (χ2v) is 7.99. The van der Waals surface area contributed by atoms with Crippen molar-refractivity contribution in [3.63, 3.8) is 0 Å². The molecular formula is C21H28O. The first-order chi connectivity index (χ1) is 10.6. The zero-order valence-electron chi connectivity index (χ0n) is 13.7. The van der Waals surface area contributed by atoms with E-state index in [0.717, 1.165) is 12.8 Å². The van der Waals surface area contributed by atoms with Crippen molar-refractivity contribution in [2.75, 3.05) is 0 Å². The largest absolute Gasteiger partial charge is 0.392 e. The summed E-state index contributed by atoms with van der Waals surface area (Å²) in [5.74, 6) is 2.05. The smallest absolute Gasteiger partial charge is 0.0631 e. The number of hydrogen-bond donors (Lipinski definition) is 1. The Bertz CT molecular complexity index is 579. The van der Waals surface area contributed by atoms with E-state index in [9.17, 15) is 5.11 Å². The minimum atomic E-state index is -0.138. The fourth-order valence-electron chi connectivity index (χ4n) is 5.60. The van der Waals surface area contributed by atoms with Crippen molar-refractivity contribution in [1.29, 1.82) is 0 Å². The minimum Gasteiger partial charge on any atom is -0.392 e. The van der Waals surface area contributed by atoms with Crippen LogP contribution < -0.4 is 0 Å². The van der Waals surface area contributed by atoms with E-state index < -0.39 is 0 Å². The monoisotopic (exact) mass is 296 g/mol. The van der Waals surface area contributed by atoms with Gasteiger partial charge in [-0.1, -0.05) is 31.2 Å². The summed E-state index contributed by atoms with van der Waals surface area (Å²) in [6, 6.07) is 0. The molecule has 0 aromatic rings. The summed E-state index contributed by atoms with van der Waals surface area (Å²) in [5.41, 5.74) is 4.91. The molecule has 0 heterocycles. The SMILES string of the molecule is C=CCC1C=C2CC[C@@H]3C(=C2CC1)C=C[C@]1(C)[C@@H](O)CC[C@@H]31. The molecule has 1 nitrogen and oxygen atoms in total.